The van der Waals surface area contributed by atoms with Crippen molar-refractivity contribution in [2.24, 2.45) is 0 Å². The second-order valence-corrected chi connectivity index (χ2v) is 5.42. The molecular formula is C21H22O3. The molecule has 0 aromatic heterocycles. The molecule has 0 N–H and O–H groups in total. The minimum absolute atomic E-state index is 0.0226. The van der Waals surface area contributed by atoms with E-state index in [-0.39, 0.29) is 11.8 Å². The van der Waals surface area contributed by atoms with Crippen LogP contribution in [0.2, 0.25) is 0 Å². The van der Waals surface area contributed by atoms with Crippen molar-refractivity contribution in [1.29, 1.82) is 0 Å². The number of rotatable bonds is 8. The Morgan fingerprint density at radius 1 is 0.875 bits per heavy atom. The van der Waals surface area contributed by atoms with Gasteiger partial charge in [0.15, 0.2) is 5.78 Å². The molecule has 0 spiro atoms. The van der Waals surface area contributed by atoms with Crippen molar-refractivity contribution >= 4 is 17.3 Å². The Hall–Kier alpha value is -2.68. The summed E-state index contributed by atoms with van der Waals surface area (Å²) in [5.74, 6) is -0.218. The number of allylic oxidation sites excluding steroid dienone is 2. The van der Waals surface area contributed by atoms with Gasteiger partial charge in [0.2, 0.25) is 0 Å². The van der Waals surface area contributed by atoms with Crippen molar-refractivity contribution in [3.05, 3.63) is 77.9 Å². The zero-order valence-electron chi connectivity index (χ0n) is 13.9. The van der Waals surface area contributed by atoms with Gasteiger partial charge in [-0.3, -0.25) is 9.59 Å². The molecule has 3 heteroatoms. The zero-order valence-corrected chi connectivity index (χ0v) is 13.9. The highest BCUT2D eigenvalue weighted by molar-refractivity contribution is 6.08. The van der Waals surface area contributed by atoms with Crippen LogP contribution in [-0.4, -0.2) is 18.4 Å². The largest absolute Gasteiger partial charge is 0.466 e. The fourth-order valence-electron chi connectivity index (χ4n) is 2.45. The van der Waals surface area contributed by atoms with Crippen molar-refractivity contribution in [2.75, 3.05) is 6.61 Å². The van der Waals surface area contributed by atoms with Gasteiger partial charge < -0.3 is 4.74 Å². The number of carbonyl (C=O) groups excluding carboxylic acids is 2. The van der Waals surface area contributed by atoms with Gasteiger partial charge in [-0.05, 0) is 37.0 Å². The van der Waals surface area contributed by atoms with Crippen LogP contribution in [0.15, 0.2) is 66.7 Å². The second kappa shape index (κ2) is 9.46. The van der Waals surface area contributed by atoms with Crippen LogP contribution < -0.4 is 0 Å². The normalized spacial score (nSPS) is 11.1. The number of ketones is 1. The molecule has 24 heavy (non-hydrogen) atoms. The highest BCUT2D eigenvalue weighted by Gasteiger charge is 2.09. The molecular weight excluding hydrogens is 300 g/mol. The molecule has 0 bridgehead atoms. The summed E-state index contributed by atoms with van der Waals surface area (Å²) in [6.45, 7) is 2.19. The van der Waals surface area contributed by atoms with Crippen molar-refractivity contribution in [3.8, 4) is 0 Å². The lowest BCUT2D eigenvalue weighted by atomic mass is 9.97. The molecule has 0 saturated carbocycles. The fourth-order valence-corrected chi connectivity index (χ4v) is 2.45. The summed E-state index contributed by atoms with van der Waals surface area (Å²) in [7, 11) is 0. The number of benzene rings is 2. The maximum absolute atomic E-state index is 12.5. The van der Waals surface area contributed by atoms with E-state index in [4.69, 9.17) is 4.74 Å². The van der Waals surface area contributed by atoms with Gasteiger partial charge in [0.25, 0.3) is 0 Å². The first kappa shape index (κ1) is 17.7. The third-order valence-electron chi connectivity index (χ3n) is 3.64. The first-order valence-electron chi connectivity index (χ1n) is 8.21. The molecule has 0 heterocycles. The molecule has 0 unspecified atom stereocenters. The molecule has 0 amide bonds. The van der Waals surface area contributed by atoms with E-state index in [1.165, 1.54) is 0 Å². The van der Waals surface area contributed by atoms with E-state index < -0.39 is 0 Å². The van der Waals surface area contributed by atoms with Gasteiger partial charge in [0.05, 0.1) is 6.61 Å². The first-order valence-corrected chi connectivity index (χ1v) is 8.21. The average molecular weight is 322 g/mol. The van der Waals surface area contributed by atoms with Gasteiger partial charge in [-0.2, -0.15) is 0 Å². The molecule has 0 saturated heterocycles. The van der Waals surface area contributed by atoms with E-state index in [9.17, 15) is 9.59 Å². The smallest absolute Gasteiger partial charge is 0.305 e. The lowest BCUT2D eigenvalue weighted by Crippen LogP contribution is -2.04. The summed E-state index contributed by atoms with van der Waals surface area (Å²) in [6, 6.07) is 19.0. The Morgan fingerprint density at radius 3 is 2.04 bits per heavy atom. The van der Waals surface area contributed by atoms with Crippen LogP contribution >= 0.6 is 0 Å². The van der Waals surface area contributed by atoms with E-state index in [2.05, 4.69) is 0 Å². The zero-order chi connectivity index (χ0) is 17.2. The number of hydrogen-bond acceptors (Lipinski definition) is 3. The van der Waals surface area contributed by atoms with Crippen LogP contribution in [0, 0.1) is 0 Å². The van der Waals surface area contributed by atoms with Crippen molar-refractivity contribution in [2.45, 2.75) is 26.2 Å². The Labute approximate surface area is 143 Å². The summed E-state index contributed by atoms with van der Waals surface area (Å²) in [4.78, 5) is 24.0. The summed E-state index contributed by atoms with van der Waals surface area (Å²) >= 11 is 0. The van der Waals surface area contributed by atoms with E-state index in [1.807, 2.05) is 48.5 Å². The Morgan fingerprint density at radius 2 is 1.46 bits per heavy atom. The predicted octanol–water partition coefficient (Wildman–Crippen LogP) is 4.69. The molecule has 2 aromatic rings. The Balaban J connectivity index is 2.13. The van der Waals surface area contributed by atoms with Crippen LogP contribution in [0.5, 0.6) is 0 Å². The van der Waals surface area contributed by atoms with E-state index >= 15 is 0 Å². The lowest BCUT2D eigenvalue weighted by Gasteiger charge is -2.08. The predicted molar refractivity (Wildman–Crippen MR) is 95.7 cm³/mol. The molecule has 0 aliphatic rings. The monoisotopic (exact) mass is 322 g/mol. The molecule has 3 nitrogen and oxygen atoms in total. The minimum atomic E-state index is -0.195. The van der Waals surface area contributed by atoms with Gasteiger partial charge in [-0.15, -0.1) is 0 Å². The summed E-state index contributed by atoms with van der Waals surface area (Å²) in [6.07, 6.45) is 3.34. The summed E-state index contributed by atoms with van der Waals surface area (Å²) < 4.78 is 4.95. The number of ether oxygens (including phenoxy) is 1. The van der Waals surface area contributed by atoms with Crippen molar-refractivity contribution in [3.63, 3.8) is 0 Å². The van der Waals surface area contributed by atoms with Gasteiger partial charge in [0.1, 0.15) is 0 Å². The van der Waals surface area contributed by atoms with E-state index in [0.29, 0.717) is 31.4 Å². The number of esters is 1. The highest BCUT2D eigenvalue weighted by atomic mass is 16.5. The number of carbonyl (C=O) groups is 2. The van der Waals surface area contributed by atoms with Crippen molar-refractivity contribution < 1.29 is 14.3 Å². The SMILES string of the molecule is CCOC(=O)CCC/C(=C\C(=O)c1ccccc1)c1ccccc1. The van der Waals surface area contributed by atoms with Crippen LogP contribution in [-0.2, 0) is 9.53 Å². The van der Waals surface area contributed by atoms with Crippen molar-refractivity contribution in [1.82, 2.24) is 0 Å². The highest BCUT2D eigenvalue weighted by Crippen LogP contribution is 2.22. The quantitative estimate of drug-likeness (QED) is 0.402. The van der Waals surface area contributed by atoms with Gasteiger partial charge in [-0.25, -0.2) is 0 Å². The molecule has 0 atom stereocenters. The van der Waals surface area contributed by atoms with Crippen LogP contribution in [0.4, 0.5) is 0 Å². The number of hydrogen-bond donors (Lipinski definition) is 0. The molecule has 0 aliphatic carbocycles. The van der Waals surface area contributed by atoms with Crippen LogP contribution in [0.25, 0.3) is 5.57 Å². The molecule has 124 valence electrons. The maximum Gasteiger partial charge on any atom is 0.305 e. The van der Waals surface area contributed by atoms with Gasteiger partial charge in [-0.1, -0.05) is 60.7 Å². The molecule has 0 fully saturated rings. The van der Waals surface area contributed by atoms with Gasteiger partial charge >= 0.3 is 5.97 Å². The fraction of sp³-hybridized carbons (Fsp3) is 0.238. The Kier molecular flexibility index (Phi) is 6.96. The second-order valence-electron chi connectivity index (χ2n) is 5.42. The third kappa shape index (κ3) is 5.51. The van der Waals surface area contributed by atoms with Gasteiger partial charge in [0, 0.05) is 12.0 Å². The van der Waals surface area contributed by atoms with E-state index in [1.54, 1.807) is 25.1 Å². The lowest BCUT2D eigenvalue weighted by molar-refractivity contribution is -0.143. The maximum atomic E-state index is 12.5. The molecule has 2 rings (SSSR count). The van der Waals surface area contributed by atoms with Crippen LogP contribution in [0.1, 0.15) is 42.1 Å². The minimum Gasteiger partial charge on any atom is -0.466 e. The Bertz CT molecular complexity index is 688. The molecule has 2 aromatic carbocycles. The summed E-state index contributed by atoms with van der Waals surface area (Å²) in [5, 5.41) is 0. The average Bonchev–Trinajstić information content (AvgIpc) is 2.62. The standard InChI is InChI=1S/C21H22O3/c1-2-24-21(23)15-9-14-19(17-10-5-3-6-11-17)16-20(22)18-12-7-4-8-13-18/h3-8,10-13,16H,2,9,14-15H2,1H3/b19-16+. The molecule has 0 aliphatic heterocycles. The summed E-state index contributed by atoms with van der Waals surface area (Å²) in [5.41, 5.74) is 2.61. The van der Waals surface area contributed by atoms with E-state index in [0.717, 1.165) is 11.1 Å². The third-order valence-corrected chi connectivity index (χ3v) is 3.64. The first-order chi connectivity index (χ1) is 11.7. The molecule has 0 radical (unpaired) electrons. The van der Waals surface area contributed by atoms with Crippen LogP contribution in [0.3, 0.4) is 0 Å². The topological polar surface area (TPSA) is 43.4 Å².